The maximum atomic E-state index is 12.7. The molecule has 0 aromatic heterocycles. The molecular formula is C19H26O4. The highest BCUT2D eigenvalue weighted by molar-refractivity contribution is 6.04. The molecule has 4 nitrogen and oxygen atoms in total. The lowest BCUT2D eigenvalue weighted by Crippen LogP contribution is -2.56. The lowest BCUT2D eigenvalue weighted by Gasteiger charge is -2.62. The summed E-state index contributed by atoms with van der Waals surface area (Å²) in [4.78, 5) is 25.3. The average Bonchev–Trinajstić information content (AvgIpc) is 2.97. The standard InChI is InChI=1S/C19H26O4/c1-22-16(20)19(17(21)23-2)11-14-15-12(7-6-8-13(15)19)18(14)9-4-3-5-10-18/h11-13,15H,3-10H2,1-2H3/t12-,13+,15-/m0/s1. The second-order valence-electron chi connectivity index (χ2n) is 7.84. The quantitative estimate of drug-likeness (QED) is 0.445. The van der Waals surface area contributed by atoms with Crippen LogP contribution in [-0.2, 0) is 19.1 Å². The first kappa shape index (κ1) is 15.2. The molecule has 0 heterocycles. The molecule has 3 saturated carbocycles. The largest absolute Gasteiger partial charge is 0.468 e. The maximum Gasteiger partial charge on any atom is 0.327 e. The van der Waals surface area contributed by atoms with E-state index in [1.807, 2.05) is 6.08 Å². The predicted octanol–water partition coefficient (Wildman–Crippen LogP) is 3.26. The highest BCUT2D eigenvalue weighted by Gasteiger charge is 2.71. The molecule has 4 rings (SSSR count). The zero-order valence-electron chi connectivity index (χ0n) is 14.1. The lowest BCUT2D eigenvalue weighted by atomic mass is 9.42. The molecule has 0 aromatic carbocycles. The third-order valence-corrected chi connectivity index (χ3v) is 7.30. The zero-order valence-corrected chi connectivity index (χ0v) is 14.1. The molecule has 126 valence electrons. The van der Waals surface area contributed by atoms with Crippen LogP contribution in [0.15, 0.2) is 11.6 Å². The van der Waals surface area contributed by atoms with Gasteiger partial charge in [0.1, 0.15) is 0 Å². The number of fused-ring (bicyclic) bond motifs is 2. The zero-order chi connectivity index (χ0) is 16.2. The number of hydrogen-bond donors (Lipinski definition) is 0. The van der Waals surface area contributed by atoms with Gasteiger partial charge in [-0.25, -0.2) is 0 Å². The number of esters is 2. The van der Waals surface area contributed by atoms with Crippen molar-refractivity contribution in [3.05, 3.63) is 11.6 Å². The van der Waals surface area contributed by atoms with Gasteiger partial charge in [-0.05, 0) is 48.9 Å². The molecule has 0 aromatic rings. The van der Waals surface area contributed by atoms with Gasteiger partial charge >= 0.3 is 11.9 Å². The summed E-state index contributed by atoms with van der Waals surface area (Å²) in [5, 5.41) is 0. The van der Waals surface area contributed by atoms with Crippen molar-refractivity contribution in [2.45, 2.75) is 51.4 Å². The number of carbonyl (C=O) groups is 2. The summed E-state index contributed by atoms with van der Waals surface area (Å²) in [5.41, 5.74) is 0.469. The van der Waals surface area contributed by atoms with Crippen molar-refractivity contribution in [3.8, 4) is 0 Å². The summed E-state index contributed by atoms with van der Waals surface area (Å²) in [7, 11) is 2.75. The molecule has 3 fully saturated rings. The third kappa shape index (κ3) is 1.67. The van der Waals surface area contributed by atoms with E-state index in [9.17, 15) is 9.59 Å². The summed E-state index contributed by atoms with van der Waals surface area (Å²) in [6.07, 6.45) is 11.6. The van der Waals surface area contributed by atoms with E-state index < -0.39 is 17.4 Å². The molecule has 0 radical (unpaired) electrons. The van der Waals surface area contributed by atoms with E-state index in [1.54, 1.807) is 0 Å². The fourth-order valence-corrected chi connectivity index (χ4v) is 6.49. The first-order chi connectivity index (χ1) is 11.1. The Kier molecular flexibility index (Phi) is 3.37. The van der Waals surface area contributed by atoms with Crippen LogP contribution in [0.25, 0.3) is 0 Å². The van der Waals surface area contributed by atoms with E-state index in [2.05, 4.69) is 0 Å². The molecule has 0 unspecified atom stereocenters. The van der Waals surface area contributed by atoms with Crippen LogP contribution in [0.4, 0.5) is 0 Å². The van der Waals surface area contributed by atoms with Crippen LogP contribution in [-0.4, -0.2) is 26.2 Å². The fraction of sp³-hybridized carbons (Fsp3) is 0.789. The number of carbonyl (C=O) groups excluding carboxylic acids is 2. The molecular weight excluding hydrogens is 292 g/mol. The topological polar surface area (TPSA) is 52.6 Å². The van der Waals surface area contributed by atoms with Gasteiger partial charge in [-0.15, -0.1) is 0 Å². The van der Waals surface area contributed by atoms with Crippen molar-refractivity contribution >= 4 is 11.9 Å². The van der Waals surface area contributed by atoms with Crippen molar-refractivity contribution in [3.63, 3.8) is 0 Å². The lowest BCUT2D eigenvalue weighted by molar-refractivity contribution is -0.172. The second kappa shape index (κ2) is 5.09. The Morgan fingerprint density at radius 2 is 1.57 bits per heavy atom. The van der Waals surface area contributed by atoms with Crippen LogP contribution in [0.2, 0.25) is 0 Å². The first-order valence-corrected chi connectivity index (χ1v) is 9.02. The summed E-state index contributed by atoms with van der Waals surface area (Å²) >= 11 is 0. The van der Waals surface area contributed by atoms with Gasteiger partial charge in [-0.2, -0.15) is 0 Å². The van der Waals surface area contributed by atoms with Gasteiger partial charge in [-0.1, -0.05) is 37.3 Å². The van der Waals surface area contributed by atoms with Crippen LogP contribution < -0.4 is 0 Å². The maximum absolute atomic E-state index is 12.7. The van der Waals surface area contributed by atoms with Crippen molar-refractivity contribution in [2.75, 3.05) is 14.2 Å². The van der Waals surface area contributed by atoms with Crippen LogP contribution in [0.1, 0.15) is 51.4 Å². The third-order valence-electron chi connectivity index (χ3n) is 7.30. The summed E-state index contributed by atoms with van der Waals surface area (Å²) in [6.45, 7) is 0. The van der Waals surface area contributed by atoms with E-state index >= 15 is 0 Å². The Labute approximate surface area is 137 Å². The number of rotatable bonds is 2. The average molecular weight is 318 g/mol. The summed E-state index contributed by atoms with van der Waals surface area (Å²) in [5.74, 6) is 0.249. The number of allylic oxidation sites excluding steroid dienone is 1. The second-order valence-corrected chi connectivity index (χ2v) is 7.84. The van der Waals surface area contributed by atoms with Crippen molar-refractivity contribution in [1.82, 2.24) is 0 Å². The molecule has 4 aliphatic carbocycles. The number of ether oxygens (including phenoxy) is 2. The van der Waals surface area contributed by atoms with Crippen molar-refractivity contribution in [1.29, 1.82) is 0 Å². The van der Waals surface area contributed by atoms with Gasteiger partial charge in [0.15, 0.2) is 5.41 Å². The van der Waals surface area contributed by atoms with Gasteiger partial charge in [0.25, 0.3) is 0 Å². The van der Waals surface area contributed by atoms with Gasteiger partial charge in [0.2, 0.25) is 0 Å². The monoisotopic (exact) mass is 318 g/mol. The van der Waals surface area contributed by atoms with Gasteiger partial charge in [-0.3, -0.25) is 9.59 Å². The normalized spacial score (nSPS) is 35.7. The van der Waals surface area contributed by atoms with Crippen LogP contribution in [0, 0.1) is 28.6 Å². The van der Waals surface area contributed by atoms with E-state index in [0.29, 0.717) is 11.8 Å². The predicted molar refractivity (Wildman–Crippen MR) is 84.4 cm³/mol. The van der Waals surface area contributed by atoms with Gasteiger partial charge in [0.05, 0.1) is 14.2 Å². The molecule has 23 heavy (non-hydrogen) atoms. The van der Waals surface area contributed by atoms with Gasteiger partial charge in [0, 0.05) is 0 Å². The minimum atomic E-state index is -1.19. The Morgan fingerprint density at radius 3 is 2.17 bits per heavy atom. The number of hydrogen-bond acceptors (Lipinski definition) is 4. The molecule has 0 saturated heterocycles. The fourth-order valence-electron chi connectivity index (χ4n) is 6.49. The van der Waals surface area contributed by atoms with Crippen LogP contribution in [0.3, 0.4) is 0 Å². The van der Waals surface area contributed by atoms with Gasteiger partial charge < -0.3 is 9.47 Å². The van der Waals surface area contributed by atoms with E-state index in [1.165, 1.54) is 58.3 Å². The highest BCUT2D eigenvalue weighted by atomic mass is 16.5. The smallest absolute Gasteiger partial charge is 0.327 e. The molecule has 1 spiro atoms. The molecule has 4 aliphatic rings. The summed E-state index contributed by atoms with van der Waals surface area (Å²) in [6, 6.07) is 0. The van der Waals surface area contributed by atoms with Crippen LogP contribution >= 0.6 is 0 Å². The molecule has 4 heteroatoms. The minimum Gasteiger partial charge on any atom is -0.468 e. The van der Waals surface area contributed by atoms with Crippen molar-refractivity contribution < 1.29 is 19.1 Å². The van der Waals surface area contributed by atoms with E-state index in [-0.39, 0.29) is 11.3 Å². The SMILES string of the molecule is COC(=O)C1(C(=O)OC)C=C2[C@@H]3[C@H]1CCC[C@@H]3C21CCCCC1. The molecule has 0 bridgehead atoms. The van der Waals surface area contributed by atoms with Crippen LogP contribution in [0.5, 0.6) is 0 Å². The first-order valence-electron chi connectivity index (χ1n) is 9.02. The molecule has 0 amide bonds. The Bertz CT molecular complexity index is 554. The summed E-state index contributed by atoms with van der Waals surface area (Å²) < 4.78 is 10.1. The number of methoxy groups -OCH3 is 2. The molecule has 0 aliphatic heterocycles. The highest BCUT2D eigenvalue weighted by Crippen LogP contribution is 2.74. The van der Waals surface area contributed by atoms with Crippen molar-refractivity contribution in [2.24, 2.45) is 28.6 Å². The Balaban J connectivity index is 1.82. The minimum absolute atomic E-state index is 0.0451. The molecule has 3 atom stereocenters. The van der Waals surface area contributed by atoms with E-state index in [0.717, 1.165) is 12.8 Å². The molecule has 0 N–H and O–H groups in total. The Morgan fingerprint density at radius 1 is 0.957 bits per heavy atom. The Hall–Kier alpha value is -1.32. The van der Waals surface area contributed by atoms with E-state index in [4.69, 9.17) is 9.47 Å².